The molecule has 1 saturated heterocycles. The number of hydrogen-bond acceptors (Lipinski definition) is 6. The highest BCUT2D eigenvalue weighted by Crippen LogP contribution is 2.26. The molecule has 3 aromatic heterocycles. The Morgan fingerprint density at radius 2 is 2.22 bits per heavy atom. The molecule has 0 aromatic carbocycles. The molecule has 1 aliphatic heterocycles. The summed E-state index contributed by atoms with van der Waals surface area (Å²) in [4.78, 5) is 16.5. The monoisotopic (exact) mass is 310 g/mol. The van der Waals surface area contributed by atoms with E-state index >= 15 is 0 Å². The van der Waals surface area contributed by atoms with Crippen LogP contribution in [0.15, 0.2) is 36.8 Å². The molecule has 4 rings (SSSR count). The average Bonchev–Trinajstić information content (AvgIpc) is 3.05. The minimum Gasteiger partial charge on any atom is -0.391 e. The summed E-state index contributed by atoms with van der Waals surface area (Å²) in [5.74, 6) is 0.712. The van der Waals surface area contributed by atoms with E-state index in [0.29, 0.717) is 12.4 Å². The highest BCUT2D eigenvalue weighted by atomic mass is 16.3. The van der Waals surface area contributed by atoms with Gasteiger partial charge in [0.05, 0.1) is 24.0 Å². The zero-order valence-corrected chi connectivity index (χ0v) is 12.5. The summed E-state index contributed by atoms with van der Waals surface area (Å²) < 4.78 is 0. The first kappa shape index (κ1) is 14.1. The van der Waals surface area contributed by atoms with Crippen molar-refractivity contribution in [1.82, 2.24) is 25.3 Å². The number of fused-ring (bicyclic) bond motifs is 1. The number of anilines is 1. The van der Waals surface area contributed by atoms with Crippen molar-refractivity contribution in [1.29, 1.82) is 0 Å². The van der Waals surface area contributed by atoms with Gasteiger partial charge in [-0.25, -0.2) is 15.0 Å². The van der Waals surface area contributed by atoms with E-state index in [1.54, 1.807) is 12.4 Å². The fourth-order valence-electron chi connectivity index (χ4n) is 2.85. The SMILES string of the molecule is OC1CCNCC1Nc1ncccc1-c1cnc2[nH]ccc2n1. The number of aromatic nitrogens is 4. The van der Waals surface area contributed by atoms with Crippen LogP contribution in [0.1, 0.15) is 6.42 Å². The highest BCUT2D eigenvalue weighted by molar-refractivity contribution is 5.78. The molecular formula is C16H18N6O. The molecule has 118 valence electrons. The summed E-state index contributed by atoms with van der Waals surface area (Å²) >= 11 is 0. The van der Waals surface area contributed by atoms with Gasteiger partial charge in [0.2, 0.25) is 0 Å². The number of pyridine rings is 1. The van der Waals surface area contributed by atoms with Crippen LogP contribution in [0, 0.1) is 0 Å². The molecule has 0 saturated carbocycles. The smallest absolute Gasteiger partial charge is 0.156 e. The molecule has 1 fully saturated rings. The van der Waals surface area contributed by atoms with Gasteiger partial charge in [-0.3, -0.25) is 0 Å². The largest absolute Gasteiger partial charge is 0.391 e. The van der Waals surface area contributed by atoms with E-state index in [2.05, 4.69) is 30.6 Å². The van der Waals surface area contributed by atoms with Crippen molar-refractivity contribution in [3.63, 3.8) is 0 Å². The average molecular weight is 310 g/mol. The number of H-pyrrole nitrogens is 1. The topological polar surface area (TPSA) is 98.7 Å². The number of aliphatic hydroxyl groups excluding tert-OH is 1. The first-order valence-electron chi connectivity index (χ1n) is 7.72. The molecule has 7 heteroatoms. The predicted octanol–water partition coefficient (Wildman–Crippen LogP) is 1.15. The van der Waals surface area contributed by atoms with Crippen molar-refractivity contribution in [2.24, 2.45) is 0 Å². The molecule has 2 atom stereocenters. The van der Waals surface area contributed by atoms with Crippen LogP contribution in [-0.4, -0.2) is 50.3 Å². The van der Waals surface area contributed by atoms with Gasteiger partial charge in [-0.15, -0.1) is 0 Å². The Hall–Kier alpha value is -2.51. The summed E-state index contributed by atoms with van der Waals surface area (Å²) in [6.45, 7) is 1.55. The van der Waals surface area contributed by atoms with E-state index in [9.17, 15) is 5.11 Å². The summed E-state index contributed by atoms with van der Waals surface area (Å²) in [5.41, 5.74) is 3.21. The van der Waals surface area contributed by atoms with Crippen LogP contribution in [0.4, 0.5) is 5.82 Å². The number of nitrogens with one attached hydrogen (secondary N) is 3. The molecule has 0 bridgehead atoms. The lowest BCUT2D eigenvalue weighted by atomic mass is 10.0. The Labute approximate surface area is 133 Å². The fraction of sp³-hybridized carbons (Fsp3) is 0.312. The standard InChI is InChI=1S/C16H18N6O/c23-14-4-6-17-8-13(14)22-15-10(2-1-5-18-15)12-9-20-16-11(21-12)3-7-19-16/h1-3,5,7,9,13-14,17,23H,4,6,8H2,(H,18,22)(H,19,20). The number of aromatic amines is 1. The van der Waals surface area contributed by atoms with Crippen molar-refractivity contribution >= 4 is 17.0 Å². The molecule has 1 aliphatic rings. The zero-order valence-electron chi connectivity index (χ0n) is 12.5. The third kappa shape index (κ3) is 2.76. The summed E-state index contributed by atoms with van der Waals surface area (Å²) in [5, 5.41) is 16.8. The third-order valence-electron chi connectivity index (χ3n) is 4.11. The summed E-state index contributed by atoms with van der Waals surface area (Å²) in [6.07, 6.45) is 5.63. The first-order valence-corrected chi connectivity index (χ1v) is 7.72. The molecule has 2 unspecified atom stereocenters. The maximum atomic E-state index is 10.1. The van der Waals surface area contributed by atoms with Crippen molar-refractivity contribution < 1.29 is 5.11 Å². The molecule has 0 radical (unpaired) electrons. The zero-order chi connectivity index (χ0) is 15.6. The Morgan fingerprint density at radius 3 is 3.13 bits per heavy atom. The fourth-order valence-corrected chi connectivity index (χ4v) is 2.85. The molecule has 4 N–H and O–H groups in total. The van der Waals surface area contributed by atoms with E-state index in [4.69, 9.17) is 0 Å². The molecular weight excluding hydrogens is 292 g/mol. The van der Waals surface area contributed by atoms with Crippen LogP contribution >= 0.6 is 0 Å². The predicted molar refractivity (Wildman–Crippen MR) is 88.0 cm³/mol. The lowest BCUT2D eigenvalue weighted by Crippen LogP contribution is -2.48. The lowest BCUT2D eigenvalue weighted by molar-refractivity contribution is 0.124. The van der Waals surface area contributed by atoms with Crippen LogP contribution in [0.3, 0.4) is 0 Å². The molecule has 4 heterocycles. The Bertz CT molecular complexity index is 817. The van der Waals surface area contributed by atoms with Crippen molar-refractivity contribution in [2.45, 2.75) is 18.6 Å². The van der Waals surface area contributed by atoms with E-state index in [-0.39, 0.29) is 12.1 Å². The van der Waals surface area contributed by atoms with Gasteiger partial charge in [-0.05, 0) is 31.2 Å². The van der Waals surface area contributed by atoms with E-state index in [1.807, 2.05) is 24.4 Å². The van der Waals surface area contributed by atoms with Crippen LogP contribution in [0.2, 0.25) is 0 Å². The van der Waals surface area contributed by atoms with Crippen molar-refractivity contribution in [3.05, 3.63) is 36.8 Å². The summed E-state index contributed by atoms with van der Waals surface area (Å²) in [7, 11) is 0. The minimum atomic E-state index is -0.385. The van der Waals surface area contributed by atoms with Crippen LogP contribution in [0.5, 0.6) is 0 Å². The van der Waals surface area contributed by atoms with Gasteiger partial charge in [-0.1, -0.05) is 0 Å². The first-order chi connectivity index (χ1) is 11.3. The second-order valence-corrected chi connectivity index (χ2v) is 5.68. The molecule has 0 amide bonds. The number of nitrogens with zero attached hydrogens (tertiary/aromatic N) is 3. The molecule has 7 nitrogen and oxygen atoms in total. The van der Waals surface area contributed by atoms with Gasteiger partial charge in [0, 0.05) is 24.5 Å². The van der Waals surface area contributed by atoms with Gasteiger partial charge in [0.25, 0.3) is 0 Å². The molecule has 0 spiro atoms. The summed E-state index contributed by atoms with van der Waals surface area (Å²) in [6, 6.07) is 5.66. The van der Waals surface area contributed by atoms with Gasteiger partial charge < -0.3 is 20.7 Å². The normalized spacial score (nSPS) is 21.4. The minimum absolute atomic E-state index is 0.0682. The van der Waals surface area contributed by atoms with Gasteiger partial charge in [-0.2, -0.15) is 0 Å². The molecule has 23 heavy (non-hydrogen) atoms. The second-order valence-electron chi connectivity index (χ2n) is 5.68. The van der Waals surface area contributed by atoms with E-state index in [0.717, 1.165) is 35.4 Å². The van der Waals surface area contributed by atoms with Crippen LogP contribution in [0.25, 0.3) is 22.4 Å². The Morgan fingerprint density at radius 1 is 1.26 bits per heavy atom. The van der Waals surface area contributed by atoms with Crippen molar-refractivity contribution in [3.8, 4) is 11.3 Å². The number of piperidine rings is 1. The maximum Gasteiger partial charge on any atom is 0.156 e. The maximum absolute atomic E-state index is 10.1. The highest BCUT2D eigenvalue weighted by Gasteiger charge is 2.24. The quantitative estimate of drug-likeness (QED) is 0.579. The van der Waals surface area contributed by atoms with Gasteiger partial charge in [0.15, 0.2) is 5.65 Å². The van der Waals surface area contributed by atoms with Crippen molar-refractivity contribution in [2.75, 3.05) is 18.4 Å². The molecule has 3 aromatic rings. The third-order valence-corrected chi connectivity index (χ3v) is 4.11. The lowest BCUT2D eigenvalue weighted by Gasteiger charge is -2.30. The van der Waals surface area contributed by atoms with Crippen LogP contribution in [-0.2, 0) is 0 Å². The Kier molecular flexibility index (Phi) is 3.64. The van der Waals surface area contributed by atoms with E-state index < -0.39 is 0 Å². The number of hydrogen-bond donors (Lipinski definition) is 4. The second kappa shape index (κ2) is 5.94. The Balaban J connectivity index is 1.68. The van der Waals surface area contributed by atoms with Crippen LogP contribution < -0.4 is 10.6 Å². The van der Waals surface area contributed by atoms with Gasteiger partial charge in [0.1, 0.15) is 11.3 Å². The van der Waals surface area contributed by atoms with E-state index in [1.165, 1.54) is 0 Å². The number of aliphatic hydroxyl groups is 1. The van der Waals surface area contributed by atoms with Gasteiger partial charge >= 0.3 is 0 Å². The number of rotatable bonds is 3. The molecule has 0 aliphatic carbocycles.